The molecule has 1 unspecified atom stereocenters. The van der Waals surface area contributed by atoms with Crippen LogP contribution in [0.2, 0.25) is 0 Å². The van der Waals surface area contributed by atoms with Gasteiger partial charge in [0.15, 0.2) is 0 Å². The Labute approximate surface area is 193 Å². The summed E-state index contributed by atoms with van der Waals surface area (Å²) in [6, 6.07) is 16.4. The number of unbranched alkanes of at least 4 members (excludes halogenated alkanes) is 3. The fourth-order valence-corrected chi connectivity index (χ4v) is 4.55. The van der Waals surface area contributed by atoms with Crippen LogP contribution in [-0.4, -0.2) is 41.2 Å². The molecule has 0 N–H and O–H groups in total. The van der Waals surface area contributed by atoms with Crippen molar-refractivity contribution >= 4 is 11.8 Å². The Morgan fingerprint density at radius 3 is 2.41 bits per heavy atom. The van der Waals surface area contributed by atoms with Crippen LogP contribution in [-0.2, 0) is 17.6 Å². The van der Waals surface area contributed by atoms with Crippen LogP contribution in [0, 0.1) is 0 Å². The molecule has 0 fully saturated rings. The van der Waals surface area contributed by atoms with E-state index in [4.69, 9.17) is 0 Å². The molecule has 4 heteroatoms. The van der Waals surface area contributed by atoms with Crippen LogP contribution in [0.5, 0.6) is 0 Å². The zero-order valence-electron chi connectivity index (χ0n) is 20.0. The summed E-state index contributed by atoms with van der Waals surface area (Å²) < 4.78 is 0. The highest BCUT2D eigenvalue weighted by Crippen LogP contribution is 2.29. The quantitative estimate of drug-likeness (QED) is 0.443. The Morgan fingerprint density at radius 1 is 0.969 bits per heavy atom. The van der Waals surface area contributed by atoms with Crippen molar-refractivity contribution in [2.24, 2.45) is 0 Å². The maximum atomic E-state index is 13.3. The van der Waals surface area contributed by atoms with Gasteiger partial charge in [-0.15, -0.1) is 0 Å². The van der Waals surface area contributed by atoms with Crippen molar-refractivity contribution < 1.29 is 9.59 Å². The second kappa shape index (κ2) is 11.8. The van der Waals surface area contributed by atoms with Crippen molar-refractivity contribution in [2.75, 3.05) is 19.6 Å². The van der Waals surface area contributed by atoms with Gasteiger partial charge in [-0.1, -0.05) is 69.5 Å². The molecule has 0 aliphatic carbocycles. The zero-order chi connectivity index (χ0) is 22.9. The van der Waals surface area contributed by atoms with E-state index in [1.807, 2.05) is 23.1 Å². The number of aryl methyl sites for hydroxylation is 1. The zero-order valence-corrected chi connectivity index (χ0v) is 20.0. The molecule has 172 valence electrons. The Hall–Kier alpha value is -2.62. The van der Waals surface area contributed by atoms with Crippen LogP contribution in [0.1, 0.15) is 86.0 Å². The van der Waals surface area contributed by atoms with E-state index < -0.39 is 0 Å². The first-order valence-electron chi connectivity index (χ1n) is 12.3. The van der Waals surface area contributed by atoms with Crippen LogP contribution in [0.4, 0.5) is 0 Å². The molecule has 0 saturated carbocycles. The summed E-state index contributed by atoms with van der Waals surface area (Å²) in [7, 11) is 0. The van der Waals surface area contributed by atoms with Gasteiger partial charge in [-0.05, 0) is 61.4 Å². The largest absolute Gasteiger partial charge is 0.334 e. The van der Waals surface area contributed by atoms with E-state index in [1.54, 1.807) is 4.90 Å². The molecule has 0 bridgehead atoms. The number of nitrogens with zero attached hydrogens (tertiary/aromatic N) is 2. The molecule has 1 atom stereocenters. The molecule has 0 aromatic heterocycles. The lowest BCUT2D eigenvalue weighted by Gasteiger charge is -2.36. The van der Waals surface area contributed by atoms with Crippen molar-refractivity contribution in [3.63, 3.8) is 0 Å². The van der Waals surface area contributed by atoms with E-state index in [1.165, 1.54) is 16.7 Å². The van der Waals surface area contributed by atoms with E-state index in [2.05, 4.69) is 51.1 Å². The molecule has 2 aromatic rings. The summed E-state index contributed by atoms with van der Waals surface area (Å²) in [4.78, 5) is 30.3. The Morgan fingerprint density at radius 2 is 1.69 bits per heavy atom. The molecule has 4 nitrogen and oxygen atoms in total. The van der Waals surface area contributed by atoms with Crippen molar-refractivity contribution in [3.05, 3.63) is 70.8 Å². The highest BCUT2D eigenvalue weighted by molar-refractivity contribution is 5.96. The van der Waals surface area contributed by atoms with Gasteiger partial charge >= 0.3 is 0 Å². The summed E-state index contributed by atoms with van der Waals surface area (Å²) in [6.45, 7) is 7.90. The van der Waals surface area contributed by atoms with Crippen LogP contribution >= 0.6 is 0 Å². The minimum Gasteiger partial charge on any atom is -0.334 e. The Balaban J connectivity index is 1.71. The second-order valence-electron chi connectivity index (χ2n) is 8.95. The van der Waals surface area contributed by atoms with Crippen LogP contribution in [0.15, 0.2) is 48.5 Å². The fraction of sp³-hybridized carbons (Fsp3) is 0.500. The lowest BCUT2D eigenvalue weighted by Crippen LogP contribution is -2.46. The number of rotatable bonds is 10. The van der Waals surface area contributed by atoms with Crippen LogP contribution < -0.4 is 0 Å². The summed E-state index contributed by atoms with van der Waals surface area (Å²) in [6.07, 6.45) is 7.29. The fourth-order valence-electron chi connectivity index (χ4n) is 4.55. The Kier molecular flexibility index (Phi) is 8.90. The van der Waals surface area contributed by atoms with Crippen molar-refractivity contribution in [2.45, 2.75) is 71.8 Å². The molecule has 1 aliphatic rings. The predicted molar refractivity (Wildman–Crippen MR) is 131 cm³/mol. The molecule has 0 spiro atoms. The number of fused-ring (bicyclic) bond motifs is 1. The maximum absolute atomic E-state index is 13.3. The minimum absolute atomic E-state index is 0.0383. The molecule has 32 heavy (non-hydrogen) atoms. The highest BCUT2D eigenvalue weighted by atomic mass is 16.2. The minimum atomic E-state index is -0.0402. The lowest BCUT2D eigenvalue weighted by atomic mass is 9.93. The monoisotopic (exact) mass is 434 g/mol. The molecule has 0 saturated heterocycles. The Bertz CT molecular complexity index is 891. The highest BCUT2D eigenvalue weighted by Gasteiger charge is 2.29. The second-order valence-corrected chi connectivity index (χ2v) is 8.95. The normalized spacial score (nSPS) is 15.3. The summed E-state index contributed by atoms with van der Waals surface area (Å²) in [5.74, 6) is -0.00188. The first-order chi connectivity index (χ1) is 15.5. The van der Waals surface area contributed by atoms with Gasteiger partial charge in [0.1, 0.15) is 6.54 Å². The number of benzene rings is 2. The van der Waals surface area contributed by atoms with Gasteiger partial charge in [0, 0.05) is 18.7 Å². The van der Waals surface area contributed by atoms with E-state index in [9.17, 15) is 9.59 Å². The van der Waals surface area contributed by atoms with E-state index in [0.29, 0.717) is 18.7 Å². The lowest BCUT2D eigenvalue weighted by molar-refractivity contribution is -0.134. The van der Waals surface area contributed by atoms with E-state index in [0.717, 1.165) is 44.9 Å². The number of hydrogen-bond donors (Lipinski definition) is 0. The van der Waals surface area contributed by atoms with Gasteiger partial charge in [0.25, 0.3) is 5.91 Å². The molecule has 2 amide bonds. The average Bonchev–Trinajstić information content (AvgIpc) is 2.82. The third-order valence-electron chi connectivity index (χ3n) is 6.58. The number of carbonyl (C=O) groups excluding carboxylic acids is 2. The van der Waals surface area contributed by atoms with E-state index >= 15 is 0 Å². The summed E-state index contributed by atoms with van der Waals surface area (Å²) >= 11 is 0. The van der Waals surface area contributed by atoms with Gasteiger partial charge in [-0.2, -0.15) is 0 Å². The number of hydrogen-bond acceptors (Lipinski definition) is 2. The van der Waals surface area contributed by atoms with Gasteiger partial charge in [-0.3, -0.25) is 9.59 Å². The van der Waals surface area contributed by atoms with Gasteiger partial charge < -0.3 is 9.80 Å². The summed E-state index contributed by atoms with van der Waals surface area (Å²) in [5.41, 5.74) is 4.48. The number of amides is 2. The molecule has 3 rings (SSSR count). The first-order valence-corrected chi connectivity index (χ1v) is 12.3. The maximum Gasteiger partial charge on any atom is 0.254 e. The smallest absolute Gasteiger partial charge is 0.254 e. The number of carbonyl (C=O) groups is 2. The topological polar surface area (TPSA) is 40.6 Å². The van der Waals surface area contributed by atoms with Crippen molar-refractivity contribution in [3.8, 4) is 0 Å². The molecular formula is C28H38N2O2. The predicted octanol–water partition coefficient (Wildman–Crippen LogP) is 5.81. The molecule has 0 radical (unpaired) electrons. The average molecular weight is 435 g/mol. The molecule has 1 heterocycles. The third-order valence-corrected chi connectivity index (χ3v) is 6.58. The van der Waals surface area contributed by atoms with Gasteiger partial charge in [-0.25, -0.2) is 0 Å². The van der Waals surface area contributed by atoms with Gasteiger partial charge in [0.05, 0.1) is 6.04 Å². The molecule has 2 aromatic carbocycles. The van der Waals surface area contributed by atoms with Gasteiger partial charge in [0.2, 0.25) is 5.91 Å². The van der Waals surface area contributed by atoms with Crippen molar-refractivity contribution in [1.29, 1.82) is 0 Å². The van der Waals surface area contributed by atoms with Crippen molar-refractivity contribution in [1.82, 2.24) is 9.80 Å². The summed E-state index contributed by atoms with van der Waals surface area (Å²) in [5, 5.41) is 0. The van der Waals surface area contributed by atoms with Crippen LogP contribution in [0.3, 0.4) is 0 Å². The standard InChI is InChI=1S/C28H38N2O2/c1-4-6-10-19-29(28(32)25-16-14-23(15-17-25)11-7-5-2)21-27(31)30-20-18-24-12-8-9-13-26(24)22(30)3/h8-9,12-17,22H,4-7,10-11,18-21H2,1-3H3. The third kappa shape index (κ3) is 5.99. The molecule has 1 aliphatic heterocycles. The molecular weight excluding hydrogens is 396 g/mol. The van der Waals surface area contributed by atoms with E-state index in [-0.39, 0.29) is 24.4 Å². The SMILES string of the molecule is CCCCCN(CC(=O)N1CCc2ccccc2C1C)C(=O)c1ccc(CCCC)cc1. The van der Waals surface area contributed by atoms with Crippen LogP contribution in [0.25, 0.3) is 0 Å². The first kappa shape index (κ1) is 24.0.